The number of sulfonamides is 1. The Morgan fingerprint density at radius 1 is 1.48 bits per heavy atom. The van der Waals surface area contributed by atoms with E-state index < -0.39 is 15.6 Å². The van der Waals surface area contributed by atoms with Gasteiger partial charge < -0.3 is 11.1 Å². The number of rotatable bonds is 5. The molecule has 0 unspecified atom stereocenters. The van der Waals surface area contributed by atoms with Gasteiger partial charge in [0.1, 0.15) is 0 Å². The molecule has 0 fully saturated rings. The fourth-order valence-electron chi connectivity index (χ4n) is 1.60. The third-order valence-electron chi connectivity index (χ3n) is 2.33. The monoisotopic (exact) mass is 329 g/mol. The highest BCUT2D eigenvalue weighted by Gasteiger charge is 2.23. The molecular formula is C13H19N3O3S2. The quantitative estimate of drug-likeness (QED) is 0.668. The highest BCUT2D eigenvalue weighted by molar-refractivity contribution is 7.88. The summed E-state index contributed by atoms with van der Waals surface area (Å²) in [6, 6.07) is 1.68. The number of thiophene rings is 1. The van der Waals surface area contributed by atoms with E-state index in [9.17, 15) is 13.2 Å². The van der Waals surface area contributed by atoms with Gasteiger partial charge in [-0.3, -0.25) is 4.79 Å². The average molecular weight is 329 g/mol. The second-order valence-electron chi connectivity index (χ2n) is 5.15. The van der Waals surface area contributed by atoms with E-state index in [1.807, 2.05) is 0 Å². The topological polar surface area (TPSA) is 101 Å². The standard InChI is InChI=1S/C13H19N3O3S2/c1-13(2,16-21(3,18)19)9-15-12(17)10-7-11(20-8-10)5-4-6-14/h7-8,16H,6,9,14H2,1-3H3,(H,15,17). The molecule has 1 heterocycles. The van der Waals surface area contributed by atoms with Crippen LogP contribution in [-0.2, 0) is 10.0 Å². The minimum atomic E-state index is -3.33. The molecule has 21 heavy (non-hydrogen) atoms. The van der Waals surface area contributed by atoms with Crippen molar-refractivity contribution in [2.75, 3.05) is 19.3 Å². The summed E-state index contributed by atoms with van der Waals surface area (Å²) < 4.78 is 24.9. The van der Waals surface area contributed by atoms with Gasteiger partial charge in [0, 0.05) is 17.5 Å². The van der Waals surface area contributed by atoms with E-state index in [1.165, 1.54) is 11.3 Å². The number of amides is 1. The van der Waals surface area contributed by atoms with Crippen molar-refractivity contribution in [1.82, 2.24) is 10.0 Å². The SMILES string of the molecule is CC(C)(CNC(=O)c1csc(C#CCN)c1)NS(C)(=O)=O. The summed E-state index contributed by atoms with van der Waals surface area (Å²) >= 11 is 1.36. The third kappa shape index (κ3) is 6.73. The first-order chi connectivity index (χ1) is 9.63. The molecule has 0 aliphatic heterocycles. The van der Waals surface area contributed by atoms with Crippen LogP contribution in [0.5, 0.6) is 0 Å². The van der Waals surface area contributed by atoms with Crippen molar-refractivity contribution in [3.05, 3.63) is 21.9 Å². The zero-order chi connectivity index (χ0) is 16.1. The number of carbonyl (C=O) groups excluding carboxylic acids is 1. The van der Waals surface area contributed by atoms with Crippen molar-refractivity contribution in [3.63, 3.8) is 0 Å². The molecule has 0 saturated carbocycles. The van der Waals surface area contributed by atoms with Gasteiger partial charge in [-0.1, -0.05) is 11.8 Å². The lowest BCUT2D eigenvalue weighted by Gasteiger charge is -2.25. The van der Waals surface area contributed by atoms with E-state index in [2.05, 4.69) is 21.9 Å². The van der Waals surface area contributed by atoms with Gasteiger partial charge >= 0.3 is 0 Å². The van der Waals surface area contributed by atoms with Crippen LogP contribution in [0.25, 0.3) is 0 Å². The molecule has 116 valence electrons. The third-order valence-corrected chi connectivity index (χ3v) is 4.10. The molecule has 8 heteroatoms. The molecule has 0 aliphatic carbocycles. The zero-order valence-corrected chi connectivity index (χ0v) is 13.8. The van der Waals surface area contributed by atoms with Crippen LogP contribution in [-0.4, -0.2) is 39.2 Å². The smallest absolute Gasteiger partial charge is 0.252 e. The number of hydrogen-bond acceptors (Lipinski definition) is 5. The van der Waals surface area contributed by atoms with Gasteiger partial charge in [0.25, 0.3) is 5.91 Å². The Hall–Kier alpha value is -1.40. The molecule has 0 bridgehead atoms. The van der Waals surface area contributed by atoms with Crippen LogP contribution in [0.3, 0.4) is 0 Å². The van der Waals surface area contributed by atoms with Crippen LogP contribution in [0.4, 0.5) is 0 Å². The summed E-state index contributed by atoms with van der Waals surface area (Å²) in [6.45, 7) is 3.84. The molecule has 0 radical (unpaired) electrons. The van der Waals surface area contributed by atoms with Crippen molar-refractivity contribution < 1.29 is 13.2 Å². The van der Waals surface area contributed by atoms with E-state index in [-0.39, 0.29) is 19.0 Å². The molecule has 0 aromatic carbocycles. The molecule has 1 rings (SSSR count). The first-order valence-corrected chi connectivity index (χ1v) is 8.95. The molecule has 0 aliphatic rings. The number of nitrogens with two attached hydrogens (primary N) is 1. The lowest BCUT2D eigenvalue weighted by atomic mass is 10.1. The largest absolute Gasteiger partial charge is 0.350 e. The van der Waals surface area contributed by atoms with E-state index in [1.54, 1.807) is 25.3 Å². The predicted molar refractivity (Wildman–Crippen MR) is 84.6 cm³/mol. The molecule has 1 amide bonds. The normalized spacial score (nSPS) is 11.6. The number of hydrogen-bond donors (Lipinski definition) is 3. The predicted octanol–water partition coefficient (Wildman–Crippen LogP) is 0.116. The molecular weight excluding hydrogens is 310 g/mol. The molecule has 0 atom stereocenters. The van der Waals surface area contributed by atoms with Crippen molar-refractivity contribution in [1.29, 1.82) is 0 Å². The number of carbonyl (C=O) groups is 1. The van der Waals surface area contributed by atoms with Gasteiger partial charge in [-0.05, 0) is 19.9 Å². The fraction of sp³-hybridized carbons (Fsp3) is 0.462. The Morgan fingerprint density at radius 2 is 2.14 bits per heavy atom. The van der Waals surface area contributed by atoms with E-state index in [0.717, 1.165) is 11.1 Å². The summed E-state index contributed by atoms with van der Waals surface area (Å²) in [5.74, 6) is 5.31. The van der Waals surface area contributed by atoms with E-state index in [0.29, 0.717) is 5.56 Å². The molecule has 1 aromatic heterocycles. The minimum absolute atomic E-state index is 0.179. The maximum absolute atomic E-state index is 12.0. The van der Waals surface area contributed by atoms with E-state index >= 15 is 0 Å². The minimum Gasteiger partial charge on any atom is -0.350 e. The molecule has 1 aromatic rings. The van der Waals surface area contributed by atoms with Gasteiger partial charge in [-0.2, -0.15) is 0 Å². The number of nitrogens with one attached hydrogen (secondary N) is 2. The Morgan fingerprint density at radius 3 is 2.71 bits per heavy atom. The Labute approximate surface area is 129 Å². The van der Waals surface area contributed by atoms with Crippen LogP contribution in [0, 0.1) is 11.8 Å². The van der Waals surface area contributed by atoms with Crippen molar-refractivity contribution >= 4 is 27.3 Å². The molecule has 4 N–H and O–H groups in total. The maximum atomic E-state index is 12.0. The molecule has 0 saturated heterocycles. The summed E-state index contributed by atoms with van der Waals surface area (Å²) in [5.41, 5.74) is 5.02. The first kappa shape index (κ1) is 17.7. The van der Waals surface area contributed by atoms with Crippen LogP contribution < -0.4 is 15.8 Å². The zero-order valence-electron chi connectivity index (χ0n) is 12.2. The Bertz CT molecular complexity index is 666. The fourth-order valence-corrected chi connectivity index (χ4v) is 3.43. The van der Waals surface area contributed by atoms with Gasteiger partial charge in [0.05, 0.1) is 23.2 Å². The summed E-state index contributed by atoms with van der Waals surface area (Å²) in [4.78, 5) is 12.8. The summed E-state index contributed by atoms with van der Waals surface area (Å²) in [5, 5.41) is 4.40. The Kier molecular flexibility index (Phi) is 5.92. The van der Waals surface area contributed by atoms with Crippen LogP contribution in [0.1, 0.15) is 29.1 Å². The second kappa shape index (κ2) is 7.04. The lowest BCUT2D eigenvalue weighted by molar-refractivity contribution is 0.0945. The van der Waals surface area contributed by atoms with Gasteiger partial charge in [-0.15, -0.1) is 11.3 Å². The second-order valence-corrected chi connectivity index (χ2v) is 7.81. The molecule has 0 spiro atoms. The van der Waals surface area contributed by atoms with Crippen LogP contribution >= 0.6 is 11.3 Å². The van der Waals surface area contributed by atoms with Crippen LogP contribution in [0.2, 0.25) is 0 Å². The lowest BCUT2D eigenvalue weighted by Crippen LogP contribution is -2.50. The Balaban J connectivity index is 2.63. The van der Waals surface area contributed by atoms with Crippen LogP contribution in [0.15, 0.2) is 11.4 Å². The highest BCUT2D eigenvalue weighted by Crippen LogP contribution is 2.13. The van der Waals surface area contributed by atoms with Crippen molar-refractivity contribution in [2.24, 2.45) is 5.73 Å². The molecule has 6 nitrogen and oxygen atoms in total. The average Bonchev–Trinajstić information content (AvgIpc) is 2.79. The summed E-state index contributed by atoms with van der Waals surface area (Å²) in [6.07, 6.45) is 1.08. The van der Waals surface area contributed by atoms with Crippen molar-refractivity contribution in [3.8, 4) is 11.8 Å². The highest BCUT2D eigenvalue weighted by atomic mass is 32.2. The van der Waals surface area contributed by atoms with Gasteiger partial charge in [-0.25, -0.2) is 13.1 Å². The van der Waals surface area contributed by atoms with E-state index in [4.69, 9.17) is 5.73 Å². The van der Waals surface area contributed by atoms with Crippen molar-refractivity contribution in [2.45, 2.75) is 19.4 Å². The van der Waals surface area contributed by atoms with Gasteiger partial charge in [0.2, 0.25) is 10.0 Å². The first-order valence-electron chi connectivity index (χ1n) is 6.17. The van der Waals surface area contributed by atoms with Gasteiger partial charge in [0.15, 0.2) is 0 Å². The maximum Gasteiger partial charge on any atom is 0.252 e. The summed E-state index contributed by atoms with van der Waals surface area (Å²) in [7, 11) is -3.33.